The number of halogens is 1. The number of guanidine groups is 1. The Morgan fingerprint density at radius 2 is 2.00 bits per heavy atom. The number of amides is 1. The number of carbonyl (C=O) groups excluding carboxylic acids is 1. The van der Waals surface area contributed by atoms with Gasteiger partial charge < -0.3 is 20.3 Å². The molecule has 0 aliphatic rings. The number of rotatable bonds is 9. The van der Waals surface area contributed by atoms with Crippen LogP contribution in [0.1, 0.15) is 33.6 Å². The second-order valence-corrected chi connectivity index (χ2v) is 4.88. The average Bonchev–Trinajstić information content (AvgIpc) is 2.43. The van der Waals surface area contributed by atoms with E-state index in [1.165, 1.54) is 0 Å². The van der Waals surface area contributed by atoms with Gasteiger partial charge >= 0.3 is 0 Å². The zero-order valence-corrected chi connectivity index (χ0v) is 16.3. The van der Waals surface area contributed by atoms with Gasteiger partial charge in [0.25, 0.3) is 0 Å². The Labute approximate surface area is 146 Å². The number of nitrogens with zero attached hydrogens (tertiary/aromatic N) is 2. The van der Waals surface area contributed by atoms with E-state index in [-0.39, 0.29) is 36.4 Å². The fourth-order valence-electron chi connectivity index (χ4n) is 1.30. The first kappa shape index (κ1) is 22.7. The first-order valence-corrected chi connectivity index (χ1v) is 7.33. The van der Waals surface area contributed by atoms with E-state index in [2.05, 4.69) is 29.5 Å². The van der Waals surface area contributed by atoms with Gasteiger partial charge in [-0.1, -0.05) is 6.92 Å². The fourth-order valence-corrected chi connectivity index (χ4v) is 1.30. The van der Waals surface area contributed by atoms with Crippen LogP contribution in [-0.2, 0) is 9.53 Å². The normalized spacial score (nSPS) is 12.3. The van der Waals surface area contributed by atoms with Crippen LogP contribution < -0.4 is 10.6 Å². The first-order chi connectivity index (χ1) is 9.51. The monoisotopic (exact) mass is 414 g/mol. The summed E-state index contributed by atoms with van der Waals surface area (Å²) in [5, 5.41) is 6.51. The van der Waals surface area contributed by atoms with Crippen molar-refractivity contribution in [2.24, 2.45) is 4.99 Å². The molecule has 1 amide bonds. The molecule has 6 nitrogen and oxygen atoms in total. The quantitative estimate of drug-likeness (QED) is 0.260. The maximum atomic E-state index is 11.6. The van der Waals surface area contributed by atoms with E-state index in [1.54, 1.807) is 19.0 Å². The molecule has 0 aromatic carbocycles. The maximum absolute atomic E-state index is 11.6. The van der Waals surface area contributed by atoms with Crippen molar-refractivity contribution in [3.8, 4) is 0 Å². The molecule has 0 aromatic rings. The van der Waals surface area contributed by atoms with E-state index in [0.717, 1.165) is 32.6 Å². The van der Waals surface area contributed by atoms with Crippen LogP contribution in [0.15, 0.2) is 4.99 Å². The Bertz CT molecular complexity index is 299. The van der Waals surface area contributed by atoms with Crippen LogP contribution in [-0.4, -0.2) is 63.2 Å². The lowest BCUT2D eigenvalue weighted by Gasteiger charge is -2.17. The van der Waals surface area contributed by atoms with Crippen LogP contribution >= 0.6 is 24.0 Å². The molecule has 0 aromatic heterocycles. The van der Waals surface area contributed by atoms with Crippen molar-refractivity contribution >= 4 is 35.8 Å². The fraction of sp³-hybridized carbons (Fsp3) is 0.857. The summed E-state index contributed by atoms with van der Waals surface area (Å²) in [7, 11) is 3.46. The van der Waals surface area contributed by atoms with Gasteiger partial charge in [0.05, 0.1) is 0 Å². The molecule has 0 bridgehead atoms. The van der Waals surface area contributed by atoms with Crippen molar-refractivity contribution in [1.82, 2.24) is 15.5 Å². The first-order valence-electron chi connectivity index (χ1n) is 7.33. The Morgan fingerprint density at radius 3 is 2.52 bits per heavy atom. The molecule has 0 saturated carbocycles. The van der Waals surface area contributed by atoms with Crippen molar-refractivity contribution in [1.29, 1.82) is 0 Å². The summed E-state index contributed by atoms with van der Waals surface area (Å²) >= 11 is 0. The van der Waals surface area contributed by atoms with Crippen LogP contribution in [0.25, 0.3) is 0 Å². The van der Waals surface area contributed by atoms with Gasteiger partial charge in [0.2, 0.25) is 5.91 Å². The number of carbonyl (C=O) groups is 1. The number of hydrogen-bond donors (Lipinski definition) is 2. The highest BCUT2D eigenvalue weighted by atomic mass is 127. The summed E-state index contributed by atoms with van der Waals surface area (Å²) in [6.45, 7) is 8.58. The van der Waals surface area contributed by atoms with Crippen molar-refractivity contribution < 1.29 is 9.53 Å². The third kappa shape index (κ3) is 12.9. The minimum atomic E-state index is -0.00966. The highest BCUT2D eigenvalue weighted by Gasteiger charge is 2.06. The van der Waals surface area contributed by atoms with E-state index in [0.29, 0.717) is 12.0 Å². The molecular formula is C14H31IN4O2. The third-order valence-corrected chi connectivity index (χ3v) is 2.83. The lowest BCUT2D eigenvalue weighted by atomic mass is 10.3. The van der Waals surface area contributed by atoms with Gasteiger partial charge in [-0.25, -0.2) is 4.99 Å². The molecule has 0 fully saturated rings. The predicted molar refractivity (Wildman–Crippen MR) is 98.4 cm³/mol. The van der Waals surface area contributed by atoms with Crippen molar-refractivity contribution in [2.75, 3.05) is 40.4 Å². The number of likely N-dealkylation sites (N-methyl/N-ethyl adjacent to an activating group) is 1. The second-order valence-electron chi connectivity index (χ2n) is 4.88. The Hall–Kier alpha value is -0.570. The molecule has 7 heteroatoms. The Morgan fingerprint density at radius 1 is 1.33 bits per heavy atom. The summed E-state index contributed by atoms with van der Waals surface area (Å²) in [5.41, 5.74) is 0. The largest absolute Gasteiger partial charge is 0.382 e. The molecule has 2 N–H and O–H groups in total. The van der Waals surface area contributed by atoms with Gasteiger partial charge in [0.15, 0.2) is 5.96 Å². The van der Waals surface area contributed by atoms with Crippen LogP contribution in [0.3, 0.4) is 0 Å². The van der Waals surface area contributed by atoms with E-state index in [9.17, 15) is 4.79 Å². The summed E-state index contributed by atoms with van der Waals surface area (Å²) in [4.78, 5) is 17.4. The molecule has 0 rings (SSSR count). The highest BCUT2D eigenvalue weighted by molar-refractivity contribution is 14.0. The lowest BCUT2D eigenvalue weighted by Crippen LogP contribution is -2.43. The standard InChI is InChI=1S/C14H30N4O2.HI/c1-6-12(3)17-14(15-9-8-10-20-7-2)16-11-13(19)18(4)5;/h12H,6-11H2,1-5H3,(H2,15,16,17);1H. The number of hydrogen-bond acceptors (Lipinski definition) is 3. The van der Waals surface area contributed by atoms with Gasteiger partial charge in [0.1, 0.15) is 6.54 Å². The molecule has 0 spiro atoms. The smallest absolute Gasteiger partial charge is 0.243 e. The SMILES string of the molecule is CCOCCCNC(=NCC(=O)N(C)C)NC(C)CC.I. The molecule has 126 valence electrons. The summed E-state index contributed by atoms with van der Waals surface area (Å²) < 4.78 is 5.29. The summed E-state index contributed by atoms with van der Waals surface area (Å²) in [6.07, 6.45) is 1.91. The second kappa shape index (κ2) is 14.4. The van der Waals surface area contributed by atoms with Gasteiger partial charge in [0, 0.05) is 39.9 Å². The molecule has 0 saturated heterocycles. The maximum Gasteiger partial charge on any atom is 0.243 e. The molecule has 1 atom stereocenters. The Kier molecular flexibility index (Phi) is 15.5. The number of ether oxygens (including phenoxy) is 1. The van der Waals surface area contributed by atoms with Gasteiger partial charge in [-0.2, -0.15) is 0 Å². The van der Waals surface area contributed by atoms with Gasteiger partial charge in [-0.3, -0.25) is 4.79 Å². The van der Waals surface area contributed by atoms with E-state index >= 15 is 0 Å². The molecule has 0 heterocycles. The highest BCUT2D eigenvalue weighted by Crippen LogP contribution is 1.89. The zero-order chi connectivity index (χ0) is 15.4. The minimum absolute atomic E-state index is 0. The van der Waals surface area contributed by atoms with Crippen LogP contribution in [0.2, 0.25) is 0 Å². The zero-order valence-electron chi connectivity index (χ0n) is 13.9. The predicted octanol–water partition coefficient (Wildman–Crippen LogP) is 1.45. The van der Waals surface area contributed by atoms with Gasteiger partial charge in [-0.05, 0) is 26.7 Å². The molecule has 0 radical (unpaired) electrons. The van der Waals surface area contributed by atoms with Crippen molar-refractivity contribution in [3.63, 3.8) is 0 Å². The van der Waals surface area contributed by atoms with Crippen LogP contribution in [0.4, 0.5) is 0 Å². The summed E-state index contributed by atoms with van der Waals surface area (Å²) in [5.74, 6) is 0.676. The summed E-state index contributed by atoms with van der Waals surface area (Å²) in [6, 6.07) is 0.322. The lowest BCUT2D eigenvalue weighted by molar-refractivity contribution is -0.127. The number of nitrogens with one attached hydrogen (secondary N) is 2. The minimum Gasteiger partial charge on any atom is -0.382 e. The van der Waals surface area contributed by atoms with E-state index in [1.807, 2.05) is 6.92 Å². The van der Waals surface area contributed by atoms with Crippen molar-refractivity contribution in [2.45, 2.75) is 39.7 Å². The third-order valence-electron chi connectivity index (χ3n) is 2.83. The van der Waals surface area contributed by atoms with Gasteiger partial charge in [-0.15, -0.1) is 24.0 Å². The Balaban J connectivity index is 0. The van der Waals surface area contributed by atoms with E-state index in [4.69, 9.17) is 4.74 Å². The van der Waals surface area contributed by atoms with E-state index < -0.39 is 0 Å². The molecule has 21 heavy (non-hydrogen) atoms. The van der Waals surface area contributed by atoms with Crippen molar-refractivity contribution in [3.05, 3.63) is 0 Å². The molecular weight excluding hydrogens is 383 g/mol. The number of aliphatic imine (C=N–C) groups is 1. The topological polar surface area (TPSA) is 66.0 Å². The molecule has 0 aliphatic heterocycles. The van der Waals surface area contributed by atoms with Crippen LogP contribution in [0, 0.1) is 0 Å². The van der Waals surface area contributed by atoms with Crippen LogP contribution in [0.5, 0.6) is 0 Å². The molecule has 1 unspecified atom stereocenters. The molecule has 0 aliphatic carbocycles. The average molecular weight is 414 g/mol.